The molecule has 1 aliphatic rings. The van der Waals surface area contributed by atoms with Crippen LogP contribution >= 0.6 is 0 Å². The average Bonchev–Trinajstić information content (AvgIpc) is 2.14. The molecule has 0 heterocycles. The van der Waals surface area contributed by atoms with E-state index in [-0.39, 0.29) is 11.2 Å². The summed E-state index contributed by atoms with van der Waals surface area (Å²) in [5, 5.41) is 0. The van der Waals surface area contributed by atoms with Crippen molar-refractivity contribution in [2.45, 2.75) is 40.5 Å². The lowest BCUT2D eigenvalue weighted by molar-refractivity contribution is -0.125. The Kier molecular flexibility index (Phi) is 3.30. The molecule has 0 fully saturated rings. The normalized spacial score (nSPS) is 33.1. The van der Waals surface area contributed by atoms with Gasteiger partial charge in [0.05, 0.1) is 0 Å². The highest BCUT2D eigenvalue weighted by molar-refractivity contribution is 5.95. The minimum absolute atomic E-state index is 0.175. The van der Waals surface area contributed by atoms with Gasteiger partial charge in [-0.2, -0.15) is 0 Å². The van der Waals surface area contributed by atoms with Crippen molar-refractivity contribution in [2.24, 2.45) is 11.3 Å². The summed E-state index contributed by atoms with van der Waals surface area (Å²) in [5.74, 6) is 0.653. The maximum absolute atomic E-state index is 12.0. The van der Waals surface area contributed by atoms with E-state index in [1.165, 1.54) is 5.57 Å². The number of rotatable bonds is 2. The second-order valence-electron chi connectivity index (χ2n) is 4.49. The van der Waals surface area contributed by atoms with Gasteiger partial charge in [-0.1, -0.05) is 31.6 Å². The fraction of sp³-hybridized carbons (Fsp3) is 0.615. The third kappa shape index (κ3) is 1.82. The molecule has 0 aliphatic heterocycles. The van der Waals surface area contributed by atoms with Crippen molar-refractivity contribution >= 4 is 5.78 Å². The molecule has 2 atom stereocenters. The van der Waals surface area contributed by atoms with Crippen molar-refractivity contribution in [1.29, 1.82) is 0 Å². The minimum atomic E-state index is -0.175. The number of allylic oxidation sites excluding steroid dienone is 4. The molecular weight excluding hydrogens is 172 g/mol. The highest BCUT2D eigenvalue weighted by Crippen LogP contribution is 2.41. The smallest absolute Gasteiger partial charge is 0.161 e. The van der Waals surface area contributed by atoms with Crippen LogP contribution in [0.2, 0.25) is 0 Å². The van der Waals surface area contributed by atoms with Crippen LogP contribution in [-0.4, -0.2) is 5.78 Å². The average molecular weight is 192 g/mol. The number of carbonyl (C=O) groups excluding carboxylic acids is 1. The molecule has 2 unspecified atom stereocenters. The quantitative estimate of drug-likeness (QED) is 0.483. The van der Waals surface area contributed by atoms with Crippen LogP contribution in [-0.2, 0) is 4.79 Å². The molecular formula is C13H20O. The van der Waals surface area contributed by atoms with Crippen molar-refractivity contribution in [3.63, 3.8) is 0 Å². The zero-order valence-electron chi connectivity index (χ0n) is 9.63. The molecule has 1 rings (SSSR count). The van der Waals surface area contributed by atoms with Gasteiger partial charge in [0.2, 0.25) is 0 Å². The summed E-state index contributed by atoms with van der Waals surface area (Å²) in [6, 6.07) is 0. The third-order valence-corrected chi connectivity index (χ3v) is 3.65. The topological polar surface area (TPSA) is 17.1 Å². The number of carbonyl (C=O) groups is 1. The van der Waals surface area contributed by atoms with Gasteiger partial charge < -0.3 is 0 Å². The summed E-state index contributed by atoms with van der Waals surface area (Å²) in [5.41, 5.74) is 1.18. The first-order chi connectivity index (χ1) is 6.52. The van der Waals surface area contributed by atoms with Crippen molar-refractivity contribution in [3.05, 3.63) is 23.8 Å². The Balaban J connectivity index is 2.94. The molecule has 1 heteroatoms. The van der Waals surface area contributed by atoms with Gasteiger partial charge >= 0.3 is 0 Å². The van der Waals surface area contributed by atoms with Gasteiger partial charge in [0.15, 0.2) is 5.78 Å². The highest BCUT2D eigenvalue weighted by Gasteiger charge is 2.38. The highest BCUT2D eigenvalue weighted by atomic mass is 16.1. The van der Waals surface area contributed by atoms with Crippen LogP contribution in [0.15, 0.2) is 23.8 Å². The fourth-order valence-electron chi connectivity index (χ4n) is 2.17. The summed E-state index contributed by atoms with van der Waals surface area (Å²) in [7, 11) is 0. The van der Waals surface area contributed by atoms with Crippen LogP contribution in [0.3, 0.4) is 0 Å². The maximum atomic E-state index is 12.0. The number of hydrogen-bond donors (Lipinski definition) is 0. The van der Waals surface area contributed by atoms with Crippen molar-refractivity contribution in [1.82, 2.24) is 0 Å². The van der Waals surface area contributed by atoms with E-state index in [1.54, 1.807) is 6.08 Å². The monoisotopic (exact) mass is 192 g/mol. The zero-order valence-corrected chi connectivity index (χ0v) is 9.63. The van der Waals surface area contributed by atoms with E-state index in [4.69, 9.17) is 0 Å². The van der Waals surface area contributed by atoms with Gasteiger partial charge in [-0.3, -0.25) is 4.79 Å². The van der Waals surface area contributed by atoms with E-state index in [0.717, 1.165) is 12.8 Å². The Morgan fingerprint density at radius 1 is 1.64 bits per heavy atom. The molecule has 78 valence electrons. The molecule has 0 aromatic heterocycles. The molecule has 0 aromatic rings. The molecule has 0 saturated carbocycles. The first-order valence-corrected chi connectivity index (χ1v) is 5.36. The van der Waals surface area contributed by atoms with Gasteiger partial charge in [-0.25, -0.2) is 0 Å². The lowest BCUT2D eigenvalue weighted by atomic mass is 9.66. The predicted octanol–water partition coefficient (Wildman–Crippen LogP) is 3.51. The van der Waals surface area contributed by atoms with E-state index >= 15 is 0 Å². The summed E-state index contributed by atoms with van der Waals surface area (Å²) in [6.07, 6.45) is 7.84. The zero-order chi connectivity index (χ0) is 10.8. The van der Waals surface area contributed by atoms with E-state index in [9.17, 15) is 4.79 Å². The Labute approximate surface area is 86.9 Å². The van der Waals surface area contributed by atoms with Crippen LogP contribution in [0.4, 0.5) is 0 Å². The Hall–Kier alpha value is -0.850. The molecule has 1 aliphatic carbocycles. The lowest BCUT2D eigenvalue weighted by Crippen LogP contribution is -2.36. The van der Waals surface area contributed by atoms with Crippen LogP contribution in [0.1, 0.15) is 40.5 Å². The summed E-state index contributed by atoms with van der Waals surface area (Å²) < 4.78 is 0. The molecule has 0 aromatic carbocycles. The fourth-order valence-corrected chi connectivity index (χ4v) is 2.17. The van der Waals surface area contributed by atoms with Crippen molar-refractivity contribution in [3.8, 4) is 0 Å². The molecule has 0 bridgehead atoms. The first kappa shape index (κ1) is 11.2. The predicted molar refractivity (Wildman–Crippen MR) is 60.1 cm³/mol. The van der Waals surface area contributed by atoms with E-state index in [2.05, 4.69) is 26.8 Å². The first-order valence-electron chi connectivity index (χ1n) is 5.36. The summed E-state index contributed by atoms with van der Waals surface area (Å²) in [6.45, 7) is 8.28. The van der Waals surface area contributed by atoms with Crippen LogP contribution in [0, 0.1) is 11.3 Å². The van der Waals surface area contributed by atoms with Gasteiger partial charge in [0.1, 0.15) is 0 Å². The van der Waals surface area contributed by atoms with Crippen LogP contribution in [0.25, 0.3) is 0 Å². The second kappa shape index (κ2) is 4.12. The van der Waals surface area contributed by atoms with Crippen LogP contribution < -0.4 is 0 Å². The Morgan fingerprint density at radius 3 is 2.86 bits per heavy atom. The van der Waals surface area contributed by atoms with Crippen LogP contribution in [0.5, 0.6) is 0 Å². The lowest BCUT2D eigenvalue weighted by Gasteiger charge is -2.37. The third-order valence-electron chi connectivity index (χ3n) is 3.65. The number of hydrogen-bond acceptors (Lipinski definition) is 1. The van der Waals surface area contributed by atoms with Gasteiger partial charge in [0.25, 0.3) is 0 Å². The van der Waals surface area contributed by atoms with Crippen molar-refractivity contribution < 1.29 is 4.79 Å². The molecule has 0 amide bonds. The van der Waals surface area contributed by atoms with Gasteiger partial charge in [0, 0.05) is 5.41 Å². The summed E-state index contributed by atoms with van der Waals surface area (Å²) in [4.78, 5) is 12.0. The Morgan fingerprint density at radius 2 is 2.29 bits per heavy atom. The molecule has 0 N–H and O–H groups in total. The standard InChI is InChI=1S/C13H20O/c1-5-7-12(14)13(4)9-6-8-10(2)11(13)3/h5,7-8,11H,6,9H2,1-4H3. The molecule has 0 spiro atoms. The van der Waals surface area contributed by atoms with E-state index in [1.807, 2.05) is 13.0 Å². The Bertz CT molecular complexity index is 286. The second-order valence-corrected chi connectivity index (χ2v) is 4.49. The molecule has 1 nitrogen and oxygen atoms in total. The van der Waals surface area contributed by atoms with E-state index in [0.29, 0.717) is 5.92 Å². The van der Waals surface area contributed by atoms with Gasteiger partial charge in [-0.05, 0) is 38.7 Å². The van der Waals surface area contributed by atoms with Gasteiger partial charge in [-0.15, -0.1) is 0 Å². The number of ketones is 1. The van der Waals surface area contributed by atoms with E-state index < -0.39 is 0 Å². The largest absolute Gasteiger partial charge is 0.294 e. The maximum Gasteiger partial charge on any atom is 0.161 e. The molecule has 0 saturated heterocycles. The molecule has 14 heavy (non-hydrogen) atoms. The molecule has 0 radical (unpaired) electrons. The summed E-state index contributed by atoms with van der Waals surface area (Å²) >= 11 is 0. The van der Waals surface area contributed by atoms with Crippen molar-refractivity contribution in [2.75, 3.05) is 0 Å². The SMILES string of the molecule is CC=CC(=O)C1(C)CCC=C(C)C1C. The minimum Gasteiger partial charge on any atom is -0.294 e.